The van der Waals surface area contributed by atoms with E-state index in [1.54, 1.807) is 30.4 Å². The summed E-state index contributed by atoms with van der Waals surface area (Å²) >= 11 is 1.66. The molecular weight excluding hydrogens is 454 g/mol. The summed E-state index contributed by atoms with van der Waals surface area (Å²) in [6.07, 6.45) is 7.04. The van der Waals surface area contributed by atoms with Gasteiger partial charge in [-0.2, -0.15) is 0 Å². The molecule has 1 aliphatic heterocycles. The predicted molar refractivity (Wildman–Crippen MR) is 142 cm³/mol. The monoisotopic (exact) mass is 479 g/mol. The topological polar surface area (TPSA) is 79.3 Å². The number of carbonyl (C=O) groups is 1. The summed E-state index contributed by atoms with van der Waals surface area (Å²) in [6, 6.07) is 21.6. The molecule has 0 radical (unpaired) electrons. The van der Waals surface area contributed by atoms with Crippen molar-refractivity contribution in [2.75, 3.05) is 5.32 Å². The maximum absolute atomic E-state index is 12.8. The second-order valence-electron chi connectivity index (χ2n) is 7.50. The average molecular weight is 480 g/mol. The molecule has 2 N–H and O–H groups in total. The molecule has 0 spiro atoms. The van der Waals surface area contributed by atoms with Crippen LogP contribution < -0.4 is 10.6 Å². The van der Waals surface area contributed by atoms with Crippen LogP contribution in [0.25, 0.3) is 0 Å². The molecular formula is C28H25N5OS. The number of rotatable bonds is 5. The van der Waals surface area contributed by atoms with Crippen molar-refractivity contribution < 1.29 is 4.79 Å². The quantitative estimate of drug-likeness (QED) is 0.357. The van der Waals surface area contributed by atoms with E-state index in [1.807, 2.05) is 60.8 Å². The lowest BCUT2D eigenvalue weighted by Crippen LogP contribution is -2.23. The summed E-state index contributed by atoms with van der Waals surface area (Å²) in [5.41, 5.74) is 4.46. The average Bonchev–Trinajstić information content (AvgIpc) is 3.09. The van der Waals surface area contributed by atoms with Crippen molar-refractivity contribution in [3.05, 3.63) is 127 Å². The first-order chi connectivity index (χ1) is 17.3. The minimum absolute atomic E-state index is 0.135. The molecule has 0 aliphatic carbocycles. The highest BCUT2D eigenvalue weighted by Gasteiger charge is 2.19. The van der Waals surface area contributed by atoms with E-state index in [0.717, 1.165) is 38.0 Å². The van der Waals surface area contributed by atoms with Crippen molar-refractivity contribution >= 4 is 29.2 Å². The van der Waals surface area contributed by atoms with Gasteiger partial charge in [0.1, 0.15) is 5.84 Å². The van der Waals surface area contributed by atoms with E-state index < -0.39 is 0 Å². The van der Waals surface area contributed by atoms with Gasteiger partial charge in [-0.05, 0) is 47.5 Å². The van der Waals surface area contributed by atoms with Crippen LogP contribution >= 0.6 is 11.8 Å². The number of amides is 1. The van der Waals surface area contributed by atoms with Gasteiger partial charge in [-0.15, -0.1) is 13.2 Å². The SMILES string of the molecule is C=C.O=C(NCc1cccnc1)c1ccc2c(c1)NC(=NCc1cccnc1)c1ccccc1S2. The molecule has 1 aliphatic rings. The predicted octanol–water partition coefficient (Wildman–Crippen LogP) is 5.73. The number of fused-ring (bicyclic) bond motifs is 2. The van der Waals surface area contributed by atoms with Crippen LogP contribution in [0.15, 0.2) is 119 Å². The highest BCUT2D eigenvalue weighted by Crippen LogP contribution is 2.39. The standard InChI is InChI=1S/C26H21N5OS.C2H4/c32-26(30-17-19-6-4-12-28-15-19)20-9-10-24-22(13-20)31-25(21-7-1-2-8-23(21)33-24)29-16-18-5-3-11-27-14-18;1-2/h1-15H,16-17H2,(H,29,31)(H,30,32);1-2H2. The third-order valence-corrected chi connectivity index (χ3v) is 6.33. The molecule has 6 nitrogen and oxygen atoms in total. The fourth-order valence-electron chi connectivity index (χ4n) is 3.50. The van der Waals surface area contributed by atoms with Crippen molar-refractivity contribution in [3.63, 3.8) is 0 Å². The van der Waals surface area contributed by atoms with Crippen molar-refractivity contribution in [2.45, 2.75) is 22.9 Å². The number of carbonyl (C=O) groups excluding carboxylic acids is 1. The largest absolute Gasteiger partial charge is 0.348 e. The number of nitrogens with one attached hydrogen (secondary N) is 2. The van der Waals surface area contributed by atoms with Crippen LogP contribution in [0.2, 0.25) is 0 Å². The maximum Gasteiger partial charge on any atom is 0.251 e. The van der Waals surface area contributed by atoms with Gasteiger partial charge in [-0.25, -0.2) is 0 Å². The number of benzene rings is 2. The van der Waals surface area contributed by atoms with E-state index in [-0.39, 0.29) is 5.91 Å². The molecule has 1 amide bonds. The summed E-state index contributed by atoms with van der Waals surface area (Å²) in [5.74, 6) is 0.637. The zero-order valence-corrected chi connectivity index (χ0v) is 20.0. The van der Waals surface area contributed by atoms with E-state index in [4.69, 9.17) is 4.99 Å². The molecule has 5 rings (SSSR count). The smallest absolute Gasteiger partial charge is 0.251 e. The minimum Gasteiger partial charge on any atom is -0.348 e. The molecule has 7 heteroatoms. The van der Waals surface area contributed by atoms with Gasteiger partial charge in [0, 0.05) is 52.3 Å². The Bertz CT molecular complexity index is 1330. The molecule has 0 bridgehead atoms. The summed E-state index contributed by atoms with van der Waals surface area (Å²) in [6.45, 7) is 6.94. The highest BCUT2D eigenvalue weighted by molar-refractivity contribution is 7.99. The van der Waals surface area contributed by atoms with Crippen molar-refractivity contribution in [1.29, 1.82) is 0 Å². The number of aliphatic imine (C=N–C) groups is 1. The van der Waals surface area contributed by atoms with Crippen LogP contribution in [0, 0.1) is 0 Å². The summed E-state index contributed by atoms with van der Waals surface area (Å²) in [7, 11) is 0. The number of aromatic nitrogens is 2. The number of pyridine rings is 2. The van der Waals surface area contributed by atoms with Gasteiger partial charge < -0.3 is 10.6 Å². The Morgan fingerprint density at radius 1 is 0.914 bits per heavy atom. The van der Waals surface area contributed by atoms with Gasteiger partial charge in [0.25, 0.3) is 5.91 Å². The van der Waals surface area contributed by atoms with Crippen LogP contribution in [0.5, 0.6) is 0 Å². The second kappa shape index (κ2) is 11.8. The van der Waals surface area contributed by atoms with E-state index in [2.05, 4.69) is 45.9 Å². The Labute approximate surface area is 209 Å². The Morgan fingerprint density at radius 3 is 2.40 bits per heavy atom. The molecule has 2 aromatic carbocycles. The zero-order valence-electron chi connectivity index (χ0n) is 19.1. The third kappa shape index (κ3) is 6.02. The molecule has 35 heavy (non-hydrogen) atoms. The fourth-order valence-corrected chi connectivity index (χ4v) is 4.51. The third-order valence-electron chi connectivity index (χ3n) is 5.18. The first-order valence-electron chi connectivity index (χ1n) is 11.0. The maximum atomic E-state index is 12.8. The fraction of sp³-hybridized carbons (Fsp3) is 0.0714. The molecule has 174 valence electrons. The first kappa shape index (κ1) is 23.9. The van der Waals surface area contributed by atoms with E-state index in [1.165, 1.54) is 0 Å². The highest BCUT2D eigenvalue weighted by atomic mass is 32.2. The Kier molecular flexibility index (Phi) is 8.04. The Hall–Kier alpha value is -4.23. The van der Waals surface area contributed by atoms with Gasteiger partial charge in [-0.3, -0.25) is 19.8 Å². The molecule has 0 unspecified atom stereocenters. The van der Waals surface area contributed by atoms with E-state index in [0.29, 0.717) is 18.7 Å². The lowest BCUT2D eigenvalue weighted by molar-refractivity contribution is 0.0951. The van der Waals surface area contributed by atoms with Crippen molar-refractivity contribution in [3.8, 4) is 0 Å². The molecule has 0 saturated heterocycles. The summed E-state index contributed by atoms with van der Waals surface area (Å²) in [5, 5.41) is 6.44. The second-order valence-corrected chi connectivity index (χ2v) is 8.59. The van der Waals surface area contributed by atoms with Crippen LogP contribution in [-0.2, 0) is 13.1 Å². The van der Waals surface area contributed by atoms with Crippen LogP contribution in [-0.4, -0.2) is 21.7 Å². The number of hydrogen-bond donors (Lipinski definition) is 2. The van der Waals surface area contributed by atoms with E-state index >= 15 is 0 Å². The number of hydrogen-bond acceptors (Lipinski definition) is 5. The Balaban J connectivity index is 0.00000141. The molecule has 0 atom stereocenters. The van der Waals surface area contributed by atoms with Gasteiger partial charge in [0.05, 0.1) is 12.2 Å². The van der Waals surface area contributed by atoms with Crippen LogP contribution in [0.4, 0.5) is 5.69 Å². The van der Waals surface area contributed by atoms with Crippen LogP contribution in [0.1, 0.15) is 27.0 Å². The van der Waals surface area contributed by atoms with Gasteiger partial charge in [0.15, 0.2) is 0 Å². The molecule has 2 aromatic heterocycles. The van der Waals surface area contributed by atoms with Crippen LogP contribution in [0.3, 0.4) is 0 Å². The molecule has 0 saturated carbocycles. The zero-order chi connectivity index (χ0) is 24.5. The summed E-state index contributed by atoms with van der Waals surface area (Å²) in [4.78, 5) is 28.1. The number of anilines is 1. The number of amidine groups is 1. The van der Waals surface area contributed by atoms with Crippen molar-refractivity contribution in [1.82, 2.24) is 15.3 Å². The normalized spacial score (nSPS) is 12.7. The lowest BCUT2D eigenvalue weighted by atomic mass is 10.1. The lowest BCUT2D eigenvalue weighted by Gasteiger charge is -2.12. The van der Waals surface area contributed by atoms with Gasteiger partial charge >= 0.3 is 0 Å². The molecule has 3 heterocycles. The first-order valence-corrected chi connectivity index (χ1v) is 11.9. The van der Waals surface area contributed by atoms with Gasteiger partial charge in [-0.1, -0.05) is 42.1 Å². The number of nitrogens with zero attached hydrogens (tertiary/aromatic N) is 3. The Morgan fingerprint density at radius 2 is 1.66 bits per heavy atom. The van der Waals surface area contributed by atoms with Crippen molar-refractivity contribution in [2.24, 2.45) is 4.99 Å². The van der Waals surface area contributed by atoms with E-state index in [9.17, 15) is 4.79 Å². The molecule has 4 aromatic rings. The summed E-state index contributed by atoms with van der Waals surface area (Å²) < 4.78 is 0. The minimum atomic E-state index is -0.135. The molecule has 0 fully saturated rings. The van der Waals surface area contributed by atoms with Gasteiger partial charge in [0.2, 0.25) is 0 Å².